The summed E-state index contributed by atoms with van der Waals surface area (Å²) < 4.78 is 2.34. The maximum Gasteiger partial charge on any atom is 0.0541 e. The van der Waals surface area contributed by atoms with Crippen LogP contribution in [-0.2, 0) is 0 Å². The van der Waals surface area contributed by atoms with Crippen LogP contribution in [0.15, 0.2) is 153 Å². The van der Waals surface area contributed by atoms with Crippen LogP contribution in [0, 0.1) is 0 Å². The van der Waals surface area contributed by atoms with E-state index in [4.69, 9.17) is 0 Å². The molecule has 0 N–H and O–H groups in total. The van der Waals surface area contributed by atoms with Crippen molar-refractivity contribution in [2.24, 2.45) is 0 Å². The van der Waals surface area contributed by atoms with Gasteiger partial charge in [0.15, 0.2) is 0 Å². The van der Waals surface area contributed by atoms with Crippen molar-refractivity contribution >= 4 is 64.2 Å². The second kappa shape index (κ2) is 15.8. The fraction of sp³-hybridized carbons (Fsp3) is 0.0667. The van der Waals surface area contributed by atoms with E-state index in [1.54, 1.807) is 6.26 Å². The minimum atomic E-state index is 1.10. The van der Waals surface area contributed by atoms with Crippen molar-refractivity contribution in [2.45, 2.75) is 13.8 Å². The van der Waals surface area contributed by atoms with Crippen LogP contribution in [0.5, 0.6) is 0 Å². The second-order valence-corrected chi connectivity index (χ2v) is 11.0. The fourth-order valence-electron chi connectivity index (χ4n) is 6.12. The van der Waals surface area contributed by atoms with Crippen LogP contribution in [0.2, 0.25) is 0 Å². The van der Waals surface area contributed by atoms with E-state index < -0.39 is 0 Å². The van der Waals surface area contributed by atoms with E-state index in [-0.39, 0.29) is 0 Å². The van der Waals surface area contributed by atoms with E-state index in [1.807, 2.05) is 25.2 Å². The highest BCUT2D eigenvalue weighted by atomic mass is 32.1. The predicted octanol–water partition coefficient (Wildman–Crippen LogP) is 13.0. The van der Waals surface area contributed by atoms with Crippen molar-refractivity contribution in [3.63, 3.8) is 0 Å². The molecule has 0 aliphatic carbocycles. The van der Waals surface area contributed by atoms with E-state index in [1.165, 1.54) is 49.5 Å². The van der Waals surface area contributed by atoms with Crippen LogP contribution in [0.1, 0.15) is 41.8 Å². The molecule has 0 aliphatic rings. The summed E-state index contributed by atoms with van der Waals surface area (Å²) in [5, 5.41) is 3.64. The number of hydrogen-bond acceptors (Lipinski definition) is 1. The molecular weight excluding hydrogens is 587 g/mol. The number of rotatable bonds is 9. The summed E-state index contributed by atoms with van der Waals surface area (Å²) in [6.45, 7) is 12.1. The summed E-state index contributed by atoms with van der Waals surface area (Å²) in [7, 11) is 0. The number of para-hydroxylation sites is 1. The first-order chi connectivity index (χ1) is 23.2. The molecule has 0 unspecified atom stereocenters. The first-order valence-electron chi connectivity index (χ1n) is 15.9. The lowest BCUT2D eigenvalue weighted by Crippen LogP contribution is -1.99. The van der Waals surface area contributed by atoms with Crippen LogP contribution in [-0.4, -0.2) is 10.8 Å². The van der Waals surface area contributed by atoms with Crippen molar-refractivity contribution in [1.29, 1.82) is 0 Å². The molecule has 0 amide bonds. The summed E-state index contributed by atoms with van der Waals surface area (Å²) in [5.74, 6) is 0. The zero-order valence-electron chi connectivity index (χ0n) is 27.4. The van der Waals surface area contributed by atoms with Gasteiger partial charge in [0.2, 0.25) is 0 Å². The molecule has 5 aromatic carbocycles. The molecule has 1 heterocycles. The van der Waals surface area contributed by atoms with Gasteiger partial charge in [0, 0.05) is 16.3 Å². The highest BCUT2D eigenvalue weighted by Gasteiger charge is 2.16. The van der Waals surface area contributed by atoms with Gasteiger partial charge in [0.25, 0.3) is 0 Å². The highest BCUT2D eigenvalue weighted by Crippen LogP contribution is 2.35. The lowest BCUT2D eigenvalue weighted by molar-refractivity contribution is 1.12. The van der Waals surface area contributed by atoms with Gasteiger partial charge >= 0.3 is 0 Å². The molecule has 47 heavy (non-hydrogen) atoms. The van der Waals surface area contributed by atoms with E-state index in [9.17, 15) is 0 Å². The van der Waals surface area contributed by atoms with Crippen molar-refractivity contribution in [1.82, 2.24) is 4.57 Å². The molecule has 0 aliphatic heterocycles. The topological polar surface area (TPSA) is 4.93 Å². The molecule has 6 aromatic rings. The average molecular weight is 628 g/mol. The standard InChI is InChI=1S/C44H37N.CH4S/c1-5-13-33(14-6-2)35-26-28-36(29-27-35)34-23-20-32(21-24-34)22-25-37-30-31-44(40-17-10-9-16-38(37)40)45-42(8-4)39(15-7-3)41-18-11-12-19-43(41)45;1-2/h5-31H,1,4H2,2-3H3;2H,1H3/b14-6-,15-7-,25-22+,33-13+;. The smallest absolute Gasteiger partial charge is 0.0541 e. The Balaban J connectivity index is 0.00000213. The Morgan fingerprint density at radius 2 is 1.28 bits per heavy atom. The Morgan fingerprint density at radius 3 is 1.91 bits per heavy atom. The maximum atomic E-state index is 4.19. The van der Waals surface area contributed by atoms with Gasteiger partial charge in [-0.25, -0.2) is 0 Å². The van der Waals surface area contributed by atoms with Gasteiger partial charge in [-0.1, -0.05) is 159 Å². The summed E-state index contributed by atoms with van der Waals surface area (Å²) >= 11 is 3.53. The van der Waals surface area contributed by atoms with E-state index in [2.05, 4.69) is 183 Å². The molecule has 0 bridgehead atoms. The lowest BCUT2D eigenvalue weighted by atomic mass is 9.98. The van der Waals surface area contributed by atoms with Gasteiger partial charge in [0.1, 0.15) is 0 Å². The third kappa shape index (κ3) is 6.94. The van der Waals surface area contributed by atoms with Crippen LogP contribution in [0.3, 0.4) is 0 Å². The van der Waals surface area contributed by atoms with Crippen molar-refractivity contribution < 1.29 is 0 Å². The number of aromatic nitrogens is 1. The second-order valence-electron chi connectivity index (χ2n) is 11.0. The summed E-state index contributed by atoms with van der Waals surface area (Å²) in [6, 6.07) is 39.2. The largest absolute Gasteiger partial charge is 0.309 e. The number of allylic oxidation sites excluding steroid dienone is 6. The summed E-state index contributed by atoms with van der Waals surface area (Å²) in [5.41, 5.74) is 11.7. The van der Waals surface area contributed by atoms with Gasteiger partial charge in [-0.15, -0.1) is 0 Å². The average Bonchev–Trinajstić information content (AvgIpc) is 3.44. The van der Waals surface area contributed by atoms with Gasteiger partial charge in [0.05, 0.1) is 16.9 Å². The number of benzene rings is 5. The molecule has 0 fully saturated rings. The normalized spacial score (nSPS) is 11.9. The van der Waals surface area contributed by atoms with Crippen molar-refractivity contribution in [3.8, 4) is 16.8 Å². The summed E-state index contributed by atoms with van der Waals surface area (Å²) in [6.07, 6.45) is 20.4. The van der Waals surface area contributed by atoms with Gasteiger partial charge < -0.3 is 4.57 Å². The van der Waals surface area contributed by atoms with Crippen LogP contribution >= 0.6 is 12.6 Å². The minimum Gasteiger partial charge on any atom is -0.309 e. The van der Waals surface area contributed by atoms with E-state index >= 15 is 0 Å². The molecule has 0 radical (unpaired) electrons. The van der Waals surface area contributed by atoms with Gasteiger partial charge in [-0.3, -0.25) is 0 Å². The molecule has 0 saturated heterocycles. The van der Waals surface area contributed by atoms with Crippen molar-refractivity contribution in [3.05, 3.63) is 181 Å². The molecular formula is C45H41NS. The number of nitrogens with zero attached hydrogens (tertiary/aromatic N) is 1. The number of hydrogen-bond donors (Lipinski definition) is 1. The zero-order valence-corrected chi connectivity index (χ0v) is 28.3. The Morgan fingerprint density at radius 1 is 0.638 bits per heavy atom. The monoisotopic (exact) mass is 627 g/mol. The third-order valence-corrected chi connectivity index (χ3v) is 8.22. The zero-order chi connectivity index (χ0) is 33.2. The highest BCUT2D eigenvalue weighted by molar-refractivity contribution is 7.79. The Labute approximate surface area is 285 Å². The van der Waals surface area contributed by atoms with Gasteiger partial charge in [-0.2, -0.15) is 12.6 Å². The third-order valence-electron chi connectivity index (χ3n) is 8.22. The molecule has 1 nitrogen and oxygen atoms in total. The fourth-order valence-corrected chi connectivity index (χ4v) is 6.12. The molecule has 1 aromatic heterocycles. The molecule has 6 rings (SSSR count). The molecule has 232 valence electrons. The van der Waals surface area contributed by atoms with Crippen molar-refractivity contribution in [2.75, 3.05) is 6.26 Å². The molecule has 0 spiro atoms. The minimum absolute atomic E-state index is 1.10. The van der Waals surface area contributed by atoms with E-state index in [0.717, 1.165) is 22.5 Å². The first-order valence-corrected chi connectivity index (χ1v) is 16.8. The van der Waals surface area contributed by atoms with Crippen LogP contribution in [0.25, 0.3) is 68.4 Å². The Bertz CT molecular complexity index is 2130. The quantitative estimate of drug-likeness (QED) is 0.0924. The van der Waals surface area contributed by atoms with Gasteiger partial charge in [-0.05, 0) is 77.1 Å². The molecule has 0 atom stereocenters. The maximum absolute atomic E-state index is 4.19. The SMILES string of the molecule is C=C/C=C(\C=C/C)c1ccc(-c2ccc(/C=C/c3ccc(-n4c(C=C)c(/C=C\C)c5ccccc54)c4ccccc34)cc2)cc1.CS. The Hall–Kier alpha value is -5.31. The number of thiol groups is 1. The molecule has 2 heteroatoms. The van der Waals surface area contributed by atoms with Crippen LogP contribution in [0.4, 0.5) is 0 Å². The summed E-state index contributed by atoms with van der Waals surface area (Å²) in [4.78, 5) is 0. The predicted molar refractivity (Wildman–Crippen MR) is 214 cm³/mol. The number of fused-ring (bicyclic) bond motifs is 2. The molecule has 0 saturated carbocycles. The van der Waals surface area contributed by atoms with E-state index in [0.29, 0.717) is 0 Å². The van der Waals surface area contributed by atoms with Crippen LogP contribution < -0.4 is 0 Å². The Kier molecular flexibility index (Phi) is 11.1. The first kappa shape index (κ1) is 33.1. The lowest BCUT2D eigenvalue weighted by Gasteiger charge is -2.14.